The third-order valence-corrected chi connectivity index (χ3v) is 5.25. The summed E-state index contributed by atoms with van der Waals surface area (Å²) in [5, 5.41) is 4.22. The first-order chi connectivity index (χ1) is 13.5. The van der Waals surface area contributed by atoms with Crippen molar-refractivity contribution in [1.29, 1.82) is 0 Å². The molecule has 6 nitrogen and oxygen atoms in total. The van der Waals surface area contributed by atoms with E-state index >= 15 is 0 Å². The fraction of sp³-hybridized carbons (Fsp3) is 0.250. The summed E-state index contributed by atoms with van der Waals surface area (Å²) in [4.78, 5) is 7.09. The van der Waals surface area contributed by atoms with Crippen LogP contribution in [-0.2, 0) is 0 Å². The molecule has 1 aliphatic heterocycles. The zero-order chi connectivity index (χ0) is 19.8. The smallest absolute Gasteiger partial charge is 0.169 e. The van der Waals surface area contributed by atoms with Crippen molar-refractivity contribution in [2.45, 2.75) is 25.8 Å². The summed E-state index contributed by atoms with van der Waals surface area (Å²) in [5.74, 6) is 0.788. The molecule has 144 valence electrons. The molecule has 1 saturated heterocycles. The van der Waals surface area contributed by atoms with Crippen molar-refractivity contribution in [2.75, 3.05) is 17.2 Å². The Kier molecular flexibility index (Phi) is 4.72. The van der Waals surface area contributed by atoms with Gasteiger partial charge in [-0.1, -0.05) is 30.4 Å². The molecular formula is C20H21FN6S. The molecule has 0 spiro atoms. The van der Waals surface area contributed by atoms with Crippen molar-refractivity contribution < 1.29 is 4.39 Å². The van der Waals surface area contributed by atoms with E-state index < -0.39 is 0 Å². The number of thiocarbonyl (C=S) groups is 1. The number of allylic oxidation sites excluding steroid dienone is 1. The summed E-state index contributed by atoms with van der Waals surface area (Å²) >= 11 is 5.11. The van der Waals surface area contributed by atoms with Gasteiger partial charge in [-0.3, -0.25) is 0 Å². The maximum atomic E-state index is 14.0. The summed E-state index contributed by atoms with van der Waals surface area (Å²) in [6.07, 6.45) is 7.68. The van der Waals surface area contributed by atoms with Gasteiger partial charge in [-0.05, 0) is 49.1 Å². The summed E-state index contributed by atoms with van der Waals surface area (Å²) < 4.78 is 15.6. The van der Waals surface area contributed by atoms with Gasteiger partial charge in [0.25, 0.3) is 0 Å². The number of aromatic nitrogens is 3. The number of benzene rings is 1. The molecule has 28 heavy (non-hydrogen) atoms. The molecule has 3 aromatic rings. The number of halogens is 1. The highest BCUT2D eigenvalue weighted by Crippen LogP contribution is 2.37. The molecule has 0 saturated carbocycles. The summed E-state index contributed by atoms with van der Waals surface area (Å²) in [7, 11) is 0. The third-order valence-electron chi connectivity index (χ3n) is 5.05. The lowest BCUT2D eigenvalue weighted by Gasteiger charge is -2.27. The van der Waals surface area contributed by atoms with Gasteiger partial charge < -0.3 is 16.4 Å². The second kappa shape index (κ2) is 7.20. The molecule has 0 radical (unpaired) electrons. The highest BCUT2D eigenvalue weighted by molar-refractivity contribution is 7.80. The first-order valence-electron chi connectivity index (χ1n) is 9.13. The minimum atomic E-state index is -0.238. The maximum absolute atomic E-state index is 14.0. The van der Waals surface area contributed by atoms with Gasteiger partial charge in [0.1, 0.15) is 16.6 Å². The Morgan fingerprint density at radius 3 is 2.93 bits per heavy atom. The third kappa shape index (κ3) is 3.09. The molecule has 0 bridgehead atoms. The zero-order valence-corrected chi connectivity index (χ0v) is 16.3. The van der Waals surface area contributed by atoms with Crippen LogP contribution in [0.2, 0.25) is 0 Å². The minimum Gasteiger partial charge on any atom is -0.389 e. The van der Waals surface area contributed by atoms with Crippen molar-refractivity contribution in [3.63, 3.8) is 0 Å². The number of anilines is 2. The quantitative estimate of drug-likeness (QED) is 0.657. The van der Waals surface area contributed by atoms with Crippen LogP contribution in [0.25, 0.3) is 11.7 Å². The van der Waals surface area contributed by atoms with Crippen molar-refractivity contribution in [1.82, 2.24) is 14.6 Å². The Morgan fingerprint density at radius 1 is 1.36 bits per heavy atom. The van der Waals surface area contributed by atoms with Crippen LogP contribution in [0.3, 0.4) is 0 Å². The lowest BCUT2D eigenvalue weighted by Crippen LogP contribution is -2.24. The Hall–Kier alpha value is -3.00. The number of hydrogen-bond acceptors (Lipinski definition) is 5. The van der Waals surface area contributed by atoms with Crippen LogP contribution in [0.15, 0.2) is 36.5 Å². The standard InChI is InChI=1S/C20H21FN6S/c1-2-4-12-6-7-13(21)11-14(12)15-5-3-9-26(15)16-8-10-27-20(24-16)17(19(23)28)18(22)25-27/h2,4,6-8,10-11,15H,3,5,9H2,1H3,(H2,22,25)(H2,23,28)/b4-2+. The molecule has 1 atom stereocenters. The number of nitrogen functional groups attached to an aromatic ring is 1. The zero-order valence-electron chi connectivity index (χ0n) is 15.5. The molecule has 1 aliphatic rings. The van der Waals surface area contributed by atoms with Gasteiger partial charge >= 0.3 is 0 Å². The molecule has 4 rings (SSSR count). The average molecular weight is 396 g/mol. The van der Waals surface area contributed by atoms with Gasteiger partial charge in [-0.2, -0.15) is 0 Å². The van der Waals surface area contributed by atoms with E-state index in [9.17, 15) is 4.39 Å². The van der Waals surface area contributed by atoms with Gasteiger partial charge in [0.05, 0.1) is 11.6 Å². The van der Waals surface area contributed by atoms with Crippen molar-refractivity contribution in [2.24, 2.45) is 5.73 Å². The van der Waals surface area contributed by atoms with Crippen LogP contribution < -0.4 is 16.4 Å². The van der Waals surface area contributed by atoms with Gasteiger partial charge in [0.15, 0.2) is 11.5 Å². The molecular weight excluding hydrogens is 375 g/mol. The van der Waals surface area contributed by atoms with Crippen LogP contribution >= 0.6 is 12.2 Å². The van der Waals surface area contributed by atoms with E-state index in [1.54, 1.807) is 16.8 Å². The number of nitrogens with zero attached hydrogens (tertiary/aromatic N) is 4. The van der Waals surface area contributed by atoms with Gasteiger partial charge in [-0.25, -0.2) is 13.9 Å². The van der Waals surface area contributed by atoms with Gasteiger partial charge in [-0.15, -0.1) is 5.10 Å². The Balaban J connectivity index is 1.80. The van der Waals surface area contributed by atoms with Crippen molar-refractivity contribution >= 4 is 40.6 Å². The summed E-state index contributed by atoms with van der Waals surface area (Å²) in [6, 6.07) is 6.85. The fourth-order valence-electron chi connectivity index (χ4n) is 3.86. The van der Waals surface area contributed by atoms with Crippen LogP contribution in [0.4, 0.5) is 16.0 Å². The molecule has 4 N–H and O–H groups in total. The van der Waals surface area contributed by atoms with E-state index in [1.807, 2.05) is 31.2 Å². The normalized spacial score (nSPS) is 17.1. The number of nitrogens with two attached hydrogens (primary N) is 2. The SMILES string of the molecule is C/C=C/c1ccc(F)cc1C1CCCN1c1ccn2nc(N)c(C(N)=S)c2n1. The molecule has 0 aliphatic carbocycles. The van der Waals surface area contributed by atoms with Crippen LogP contribution in [-0.4, -0.2) is 26.1 Å². The molecule has 0 amide bonds. The number of fused-ring (bicyclic) bond motifs is 1. The van der Waals surface area contributed by atoms with Crippen molar-refractivity contribution in [3.05, 3.63) is 59.0 Å². The predicted octanol–water partition coefficient (Wildman–Crippen LogP) is 3.46. The monoisotopic (exact) mass is 396 g/mol. The molecule has 8 heteroatoms. The Morgan fingerprint density at radius 2 is 2.18 bits per heavy atom. The van der Waals surface area contributed by atoms with E-state index in [4.69, 9.17) is 28.7 Å². The maximum Gasteiger partial charge on any atom is 0.169 e. The molecule has 1 fully saturated rings. The second-order valence-corrected chi connectivity index (χ2v) is 7.24. The Bertz CT molecular complexity index is 1090. The molecule has 1 unspecified atom stereocenters. The van der Waals surface area contributed by atoms with E-state index in [2.05, 4.69) is 10.00 Å². The predicted molar refractivity (Wildman–Crippen MR) is 114 cm³/mol. The van der Waals surface area contributed by atoms with Gasteiger partial charge in [0, 0.05) is 12.7 Å². The summed E-state index contributed by atoms with van der Waals surface area (Å²) in [6.45, 7) is 2.78. The lowest BCUT2D eigenvalue weighted by atomic mass is 9.97. The molecule has 1 aromatic carbocycles. The van der Waals surface area contributed by atoms with E-state index in [0.29, 0.717) is 11.2 Å². The fourth-order valence-corrected chi connectivity index (χ4v) is 4.06. The molecule has 2 aromatic heterocycles. The lowest BCUT2D eigenvalue weighted by molar-refractivity contribution is 0.617. The largest absolute Gasteiger partial charge is 0.389 e. The Labute approximate surface area is 167 Å². The second-order valence-electron chi connectivity index (χ2n) is 6.80. The average Bonchev–Trinajstić information content (AvgIpc) is 3.26. The minimum absolute atomic E-state index is 0.0328. The number of rotatable bonds is 4. The van der Waals surface area contributed by atoms with Crippen LogP contribution in [0.1, 0.15) is 42.5 Å². The van der Waals surface area contributed by atoms with E-state index in [0.717, 1.165) is 36.3 Å². The highest BCUT2D eigenvalue weighted by Gasteiger charge is 2.29. The summed E-state index contributed by atoms with van der Waals surface area (Å²) in [5.41, 5.74) is 14.7. The van der Waals surface area contributed by atoms with E-state index in [1.165, 1.54) is 6.07 Å². The van der Waals surface area contributed by atoms with Crippen LogP contribution in [0.5, 0.6) is 0 Å². The van der Waals surface area contributed by atoms with Gasteiger partial charge in [0.2, 0.25) is 0 Å². The first kappa shape index (κ1) is 18.4. The topological polar surface area (TPSA) is 85.5 Å². The highest BCUT2D eigenvalue weighted by atomic mass is 32.1. The first-order valence-corrected chi connectivity index (χ1v) is 9.54. The van der Waals surface area contributed by atoms with Crippen molar-refractivity contribution in [3.8, 4) is 0 Å². The van der Waals surface area contributed by atoms with Crippen LogP contribution in [0, 0.1) is 5.82 Å². The number of hydrogen-bond donors (Lipinski definition) is 2. The molecule has 3 heterocycles. The van der Waals surface area contributed by atoms with E-state index in [-0.39, 0.29) is 22.7 Å².